The van der Waals surface area contributed by atoms with Gasteiger partial charge in [0.25, 0.3) is 0 Å². The van der Waals surface area contributed by atoms with E-state index < -0.39 is 23.2 Å². The van der Waals surface area contributed by atoms with E-state index in [1.54, 1.807) is 0 Å². The van der Waals surface area contributed by atoms with Crippen molar-refractivity contribution in [3.05, 3.63) is 29.6 Å². The van der Waals surface area contributed by atoms with E-state index in [4.69, 9.17) is 0 Å². The summed E-state index contributed by atoms with van der Waals surface area (Å²) in [4.78, 5) is 0. The molecule has 0 saturated heterocycles. The number of ether oxygens (including phenoxy) is 1. The Bertz CT molecular complexity index is 385. The van der Waals surface area contributed by atoms with E-state index in [9.17, 15) is 22.7 Å². The lowest BCUT2D eigenvalue weighted by molar-refractivity contribution is -0.259. The van der Waals surface area contributed by atoms with E-state index in [1.165, 1.54) is 0 Å². The lowest BCUT2D eigenvalue weighted by atomic mass is 9.94. The number of rotatable bonds is 2. The fourth-order valence-corrected chi connectivity index (χ4v) is 1.22. The number of halogens is 4. The standard InChI is InChI=1S/C10H10F4O2/c1-9(15,10(12,13)14)7-4-3-6(11)5-8(7)16-2/h3-5,15H,1-2H3. The van der Waals surface area contributed by atoms with Crippen molar-refractivity contribution in [2.45, 2.75) is 18.7 Å². The minimum atomic E-state index is -4.86. The Morgan fingerprint density at radius 3 is 2.25 bits per heavy atom. The van der Waals surface area contributed by atoms with E-state index in [2.05, 4.69) is 4.74 Å². The zero-order valence-electron chi connectivity index (χ0n) is 8.60. The van der Waals surface area contributed by atoms with Crippen LogP contribution in [0.25, 0.3) is 0 Å². The number of hydrogen-bond acceptors (Lipinski definition) is 2. The van der Waals surface area contributed by atoms with Crippen molar-refractivity contribution >= 4 is 0 Å². The highest BCUT2D eigenvalue weighted by molar-refractivity contribution is 5.39. The highest BCUT2D eigenvalue weighted by atomic mass is 19.4. The fraction of sp³-hybridized carbons (Fsp3) is 0.400. The largest absolute Gasteiger partial charge is 0.496 e. The summed E-state index contributed by atoms with van der Waals surface area (Å²) >= 11 is 0. The lowest BCUT2D eigenvalue weighted by Gasteiger charge is -2.28. The van der Waals surface area contributed by atoms with Gasteiger partial charge in [0.2, 0.25) is 0 Å². The molecular formula is C10H10F4O2. The van der Waals surface area contributed by atoms with Crippen LogP contribution in [0.5, 0.6) is 5.75 Å². The predicted octanol–water partition coefficient (Wildman–Crippen LogP) is 2.60. The van der Waals surface area contributed by atoms with Crippen LogP contribution in [0.2, 0.25) is 0 Å². The number of aliphatic hydroxyl groups is 1. The molecule has 0 radical (unpaired) electrons. The molecular weight excluding hydrogens is 228 g/mol. The molecule has 1 aromatic carbocycles. The number of alkyl halides is 3. The third kappa shape index (κ3) is 2.11. The molecule has 0 bridgehead atoms. The van der Waals surface area contributed by atoms with E-state index in [0.29, 0.717) is 6.92 Å². The highest BCUT2D eigenvalue weighted by Crippen LogP contribution is 2.42. The smallest absolute Gasteiger partial charge is 0.421 e. The molecule has 0 aliphatic carbocycles. The summed E-state index contributed by atoms with van der Waals surface area (Å²) in [5.41, 5.74) is -3.60. The maximum atomic E-state index is 12.8. The second-order valence-electron chi connectivity index (χ2n) is 3.41. The summed E-state index contributed by atoms with van der Waals surface area (Å²) in [6.45, 7) is 0.586. The summed E-state index contributed by atoms with van der Waals surface area (Å²) in [7, 11) is 1.10. The first-order valence-electron chi connectivity index (χ1n) is 4.33. The lowest BCUT2D eigenvalue weighted by Crippen LogP contribution is -2.39. The Balaban J connectivity index is 3.33. The molecule has 1 atom stereocenters. The van der Waals surface area contributed by atoms with Gasteiger partial charge in [-0.25, -0.2) is 4.39 Å². The maximum Gasteiger partial charge on any atom is 0.421 e. The first-order chi connectivity index (χ1) is 7.20. The molecule has 1 aromatic rings. The minimum Gasteiger partial charge on any atom is -0.496 e. The maximum absolute atomic E-state index is 12.8. The fourth-order valence-electron chi connectivity index (χ4n) is 1.22. The van der Waals surface area contributed by atoms with Crippen LogP contribution in [0.15, 0.2) is 18.2 Å². The van der Waals surface area contributed by atoms with Crippen LogP contribution in [0, 0.1) is 5.82 Å². The van der Waals surface area contributed by atoms with Crippen molar-refractivity contribution in [3.63, 3.8) is 0 Å². The summed E-state index contributed by atoms with van der Waals surface area (Å²) in [5.74, 6) is -1.08. The van der Waals surface area contributed by atoms with Crippen LogP contribution in [0.3, 0.4) is 0 Å². The zero-order chi connectivity index (χ0) is 12.6. The van der Waals surface area contributed by atoms with Crippen molar-refractivity contribution in [3.8, 4) is 5.75 Å². The van der Waals surface area contributed by atoms with Crippen molar-refractivity contribution in [2.75, 3.05) is 7.11 Å². The Labute approximate surface area is 89.5 Å². The molecule has 0 aliphatic heterocycles. The second-order valence-corrected chi connectivity index (χ2v) is 3.41. The zero-order valence-corrected chi connectivity index (χ0v) is 8.60. The van der Waals surface area contributed by atoms with Crippen LogP contribution in [-0.4, -0.2) is 18.4 Å². The number of methoxy groups -OCH3 is 1. The first kappa shape index (κ1) is 12.8. The molecule has 0 spiro atoms. The van der Waals surface area contributed by atoms with Gasteiger partial charge >= 0.3 is 6.18 Å². The molecule has 0 fully saturated rings. The molecule has 1 rings (SSSR count). The summed E-state index contributed by atoms with van der Waals surface area (Å²) in [6, 6.07) is 2.47. The van der Waals surface area contributed by atoms with Gasteiger partial charge in [-0.2, -0.15) is 13.2 Å². The third-order valence-electron chi connectivity index (χ3n) is 2.24. The number of benzene rings is 1. The van der Waals surface area contributed by atoms with Gasteiger partial charge in [0.1, 0.15) is 11.6 Å². The van der Waals surface area contributed by atoms with E-state index in [-0.39, 0.29) is 5.75 Å². The normalized spacial score (nSPS) is 15.7. The monoisotopic (exact) mass is 238 g/mol. The SMILES string of the molecule is COc1cc(F)ccc1C(C)(O)C(F)(F)F. The van der Waals surface area contributed by atoms with Gasteiger partial charge in [-0.15, -0.1) is 0 Å². The van der Waals surface area contributed by atoms with Crippen molar-refractivity contribution in [1.29, 1.82) is 0 Å². The van der Waals surface area contributed by atoms with Gasteiger partial charge in [0.15, 0.2) is 5.60 Å². The van der Waals surface area contributed by atoms with Gasteiger partial charge < -0.3 is 9.84 Å². The highest BCUT2D eigenvalue weighted by Gasteiger charge is 2.52. The Kier molecular flexibility index (Phi) is 3.14. The molecule has 0 saturated carbocycles. The van der Waals surface area contributed by atoms with Gasteiger partial charge in [0.05, 0.1) is 7.11 Å². The van der Waals surface area contributed by atoms with Crippen LogP contribution >= 0.6 is 0 Å². The molecule has 1 N–H and O–H groups in total. The van der Waals surface area contributed by atoms with Crippen molar-refractivity contribution in [1.82, 2.24) is 0 Å². The minimum absolute atomic E-state index is 0.345. The third-order valence-corrected chi connectivity index (χ3v) is 2.24. The Morgan fingerprint density at radius 2 is 1.81 bits per heavy atom. The predicted molar refractivity (Wildman–Crippen MR) is 48.6 cm³/mol. The van der Waals surface area contributed by atoms with Gasteiger partial charge in [0, 0.05) is 11.6 Å². The van der Waals surface area contributed by atoms with Gasteiger partial charge in [-0.05, 0) is 19.1 Å². The van der Waals surface area contributed by atoms with Crippen LogP contribution < -0.4 is 4.74 Å². The van der Waals surface area contributed by atoms with E-state index in [1.807, 2.05) is 0 Å². The van der Waals surface area contributed by atoms with Gasteiger partial charge in [-0.3, -0.25) is 0 Å². The van der Waals surface area contributed by atoms with E-state index in [0.717, 1.165) is 25.3 Å². The Morgan fingerprint density at radius 1 is 1.25 bits per heavy atom. The molecule has 90 valence electrons. The van der Waals surface area contributed by atoms with Crippen LogP contribution in [0.1, 0.15) is 12.5 Å². The molecule has 16 heavy (non-hydrogen) atoms. The molecule has 0 amide bonds. The topological polar surface area (TPSA) is 29.5 Å². The molecule has 0 aliphatic rings. The van der Waals surface area contributed by atoms with Crippen molar-refractivity contribution in [2.24, 2.45) is 0 Å². The average molecular weight is 238 g/mol. The summed E-state index contributed by atoms with van der Waals surface area (Å²) in [6.07, 6.45) is -4.86. The second kappa shape index (κ2) is 3.93. The quantitative estimate of drug-likeness (QED) is 0.802. The van der Waals surface area contributed by atoms with Crippen LogP contribution in [0.4, 0.5) is 17.6 Å². The molecule has 6 heteroatoms. The molecule has 0 aromatic heterocycles. The molecule has 1 unspecified atom stereocenters. The van der Waals surface area contributed by atoms with Crippen LogP contribution in [-0.2, 0) is 5.60 Å². The van der Waals surface area contributed by atoms with Crippen molar-refractivity contribution < 1.29 is 27.4 Å². The van der Waals surface area contributed by atoms with E-state index >= 15 is 0 Å². The first-order valence-corrected chi connectivity index (χ1v) is 4.33. The Hall–Kier alpha value is -1.30. The van der Waals surface area contributed by atoms with Gasteiger partial charge in [-0.1, -0.05) is 0 Å². The summed E-state index contributed by atoms with van der Waals surface area (Å²) in [5, 5.41) is 9.40. The molecule has 0 heterocycles. The number of hydrogen-bond donors (Lipinski definition) is 1. The summed E-state index contributed by atoms with van der Waals surface area (Å²) < 4.78 is 55.0. The average Bonchev–Trinajstić information content (AvgIpc) is 2.15. The molecule has 2 nitrogen and oxygen atoms in total.